The zero-order valence-corrected chi connectivity index (χ0v) is 20.9. The molecule has 180 valence electrons. The van der Waals surface area contributed by atoms with E-state index in [-0.39, 0.29) is 11.8 Å². The maximum Gasteiger partial charge on any atom is 0.282 e. The summed E-state index contributed by atoms with van der Waals surface area (Å²) in [5.41, 5.74) is 0. The van der Waals surface area contributed by atoms with E-state index in [0.29, 0.717) is 44.6 Å². The van der Waals surface area contributed by atoms with Gasteiger partial charge in [0.15, 0.2) is 0 Å². The first-order chi connectivity index (χ1) is 14.6. The molecule has 3 saturated heterocycles. The third-order valence-electron chi connectivity index (χ3n) is 7.14. The van der Waals surface area contributed by atoms with Crippen molar-refractivity contribution in [2.24, 2.45) is 29.6 Å². The van der Waals surface area contributed by atoms with Crippen molar-refractivity contribution in [3.8, 4) is 0 Å². The van der Waals surface area contributed by atoms with Crippen LogP contribution in [-0.4, -0.2) is 80.2 Å². The van der Waals surface area contributed by atoms with Gasteiger partial charge in [-0.05, 0) is 62.3 Å². The van der Waals surface area contributed by atoms with Crippen molar-refractivity contribution >= 4 is 16.1 Å². The summed E-state index contributed by atoms with van der Waals surface area (Å²) in [4.78, 5) is 15.3. The molecular weight excluding hydrogens is 412 g/mol. The van der Waals surface area contributed by atoms with Gasteiger partial charge in [0.2, 0.25) is 5.91 Å². The maximum absolute atomic E-state index is 13.2. The van der Waals surface area contributed by atoms with Crippen molar-refractivity contribution in [3.05, 3.63) is 0 Å². The van der Waals surface area contributed by atoms with Crippen LogP contribution in [0.5, 0.6) is 0 Å². The molecule has 0 radical (unpaired) electrons. The largest absolute Gasteiger partial charge is 0.356 e. The van der Waals surface area contributed by atoms with E-state index in [0.717, 1.165) is 57.2 Å². The Morgan fingerprint density at radius 1 is 0.871 bits per heavy atom. The second-order valence-corrected chi connectivity index (χ2v) is 12.7. The summed E-state index contributed by atoms with van der Waals surface area (Å²) in [6, 6.07) is 0. The highest BCUT2D eigenvalue weighted by Gasteiger charge is 2.38. The Morgan fingerprint density at radius 2 is 1.45 bits per heavy atom. The number of nitrogens with one attached hydrogen (secondary N) is 1. The average Bonchev–Trinajstić information content (AvgIpc) is 2.69. The Labute approximate surface area is 190 Å². The van der Waals surface area contributed by atoms with Gasteiger partial charge in [0, 0.05) is 45.8 Å². The monoisotopic (exact) mass is 456 g/mol. The number of nitrogens with zero attached hydrogens (tertiary/aromatic N) is 3. The van der Waals surface area contributed by atoms with Crippen LogP contribution in [0, 0.1) is 29.6 Å². The van der Waals surface area contributed by atoms with Crippen LogP contribution in [0.2, 0.25) is 0 Å². The van der Waals surface area contributed by atoms with Crippen LogP contribution in [-0.2, 0) is 15.0 Å². The Kier molecular flexibility index (Phi) is 8.80. The van der Waals surface area contributed by atoms with Crippen molar-refractivity contribution in [2.45, 2.75) is 59.8 Å². The fraction of sp³-hybridized carbons (Fsp3) is 0.957. The van der Waals surface area contributed by atoms with Crippen LogP contribution < -0.4 is 5.32 Å². The standard InChI is InChI=1S/C23H44N4O3S/c1-18-11-19(2)14-25(13-18)9-6-8-24-23(28)22-7-5-10-26(17-22)31(29,30)27-15-20(3)12-21(4)16-27/h18-22H,5-17H2,1-4H3,(H,24,28)/t18-,19+,20-,21+,22-/m1/s1. The minimum absolute atomic E-state index is 0.0145. The first-order valence-electron chi connectivity index (χ1n) is 12.4. The van der Waals surface area contributed by atoms with Gasteiger partial charge in [0.1, 0.15) is 0 Å². The SMILES string of the molecule is C[C@@H]1C[C@H](C)CN(CCCNC(=O)[C@@H]2CCCN(S(=O)(=O)N3C[C@H](C)C[C@H](C)C3)C2)C1. The van der Waals surface area contributed by atoms with Gasteiger partial charge in [0.05, 0.1) is 5.92 Å². The quantitative estimate of drug-likeness (QED) is 0.597. The van der Waals surface area contributed by atoms with E-state index in [4.69, 9.17) is 0 Å². The summed E-state index contributed by atoms with van der Waals surface area (Å²) in [6.07, 6.45) is 4.85. The molecule has 0 aliphatic carbocycles. The van der Waals surface area contributed by atoms with E-state index in [2.05, 4.69) is 37.9 Å². The van der Waals surface area contributed by atoms with E-state index in [1.807, 2.05) is 0 Å². The molecule has 3 aliphatic heterocycles. The molecule has 0 aromatic carbocycles. The van der Waals surface area contributed by atoms with Gasteiger partial charge < -0.3 is 10.2 Å². The number of likely N-dealkylation sites (tertiary alicyclic amines) is 1. The lowest BCUT2D eigenvalue weighted by atomic mass is 9.92. The number of rotatable bonds is 7. The fourth-order valence-electron chi connectivity index (χ4n) is 5.96. The molecular formula is C23H44N4O3S. The summed E-state index contributed by atoms with van der Waals surface area (Å²) in [5.74, 6) is 2.04. The normalized spacial score (nSPS) is 34.5. The first-order valence-corrected chi connectivity index (χ1v) is 13.8. The number of piperidine rings is 3. The third-order valence-corrected chi connectivity index (χ3v) is 9.07. The molecule has 0 saturated carbocycles. The molecule has 1 amide bonds. The smallest absolute Gasteiger partial charge is 0.282 e. The third kappa shape index (κ3) is 6.89. The van der Waals surface area contributed by atoms with Crippen molar-refractivity contribution in [2.75, 3.05) is 52.4 Å². The van der Waals surface area contributed by atoms with E-state index < -0.39 is 10.2 Å². The van der Waals surface area contributed by atoms with Crippen molar-refractivity contribution in [1.29, 1.82) is 0 Å². The van der Waals surface area contributed by atoms with Crippen LogP contribution in [0.25, 0.3) is 0 Å². The lowest BCUT2D eigenvalue weighted by Crippen LogP contribution is -2.53. The van der Waals surface area contributed by atoms with Crippen LogP contribution in [0.4, 0.5) is 0 Å². The van der Waals surface area contributed by atoms with Gasteiger partial charge in [-0.1, -0.05) is 27.7 Å². The highest BCUT2D eigenvalue weighted by atomic mass is 32.2. The molecule has 3 fully saturated rings. The average molecular weight is 457 g/mol. The van der Waals surface area contributed by atoms with E-state index in [1.165, 1.54) is 6.42 Å². The molecule has 1 N–H and O–H groups in total. The highest BCUT2D eigenvalue weighted by molar-refractivity contribution is 7.86. The van der Waals surface area contributed by atoms with E-state index >= 15 is 0 Å². The summed E-state index contributed by atoms with van der Waals surface area (Å²) >= 11 is 0. The zero-order chi connectivity index (χ0) is 22.6. The molecule has 3 heterocycles. The molecule has 5 atom stereocenters. The Bertz CT molecular complexity index is 681. The van der Waals surface area contributed by atoms with Crippen LogP contribution >= 0.6 is 0 Å². The minimum atomic E-state index is -3.49. The highest BCUT2D eigenvalue weighted by Crippen LogP contribution is 2.27. The predicted octanol–water partition coefficient (Wildman–Crippen LogP) is 2.41. The van der Waals surface area contributed by atoms with E-state index in [1.54, 1.807) is 8.61 Å². The lowest BCUT2D eigenvalue weighted by molar-refractivity contribution is -0.126. The number of hydrogen-bond donors (Lipinski definition) is 1. The van der Waals surface area contributed by atoms with Gasteiger partial charge >= 0.3 is 0 Å². The first kappa shape index (κ1) is 24.9. The Hall–Kier alpha value is -0.700. The number of carbonyl (C=O) groups is 1. The molecule has 3 rings (SSSR count). The topological polar surface area (TPSA) is 73.0 Å². The minimum Gasteiger partial charge on any atom is -0.356 e. The molecule has 0 bridgehead atoms. The second kappa shape index (κ2) is 10.9. The molecule has 0 spiro atoms. The van der Waals surface area contributed by atoms with Gasteiger partial charge in [-0.25, -0.2) is 0 Å². The molecule has 0 aromatic heterocycles. The summed E-state index contributed by atoms with van der Waals surface area (Å²) < 4.78 is 29.6. The molecule has 7 nitrogen and oxygen atoms in total. The van der Waals surface area contributed by atoms with Crippen molar-refractivity contribution in [1.82, 2.24) is 18.8 Å². The predicted molar refractivity (Wildman–Crippen MR) is 125 cm³/mol. The molecule has 0 unspecified atom stereocenters. The maximum atomic E-state index is 13.2. The number of carbonyl (C=O) groups excluding carboxylic acids is 1. The molecule has 8 heteroatoms. The van der Waals surface area contributed by atoms with Crippen LogP contribution in [0.3, 0.4) is 0 Å². The van der Waals surface area contributed by atoms with E-state index in [9.17, 15) is 13.2 Å². The summed E-state index contributed by atoms with van der Waals surface area (Å²) in [5, 5.41) is 3.08. The Morgan fingerprint density at radius 3 is 2.06 bits per heavy atom. The van der Waals surface area contributed by atoms with Crippen molar-refractivity contribution < 1.29 is 13.2 Å². The van der Waals surface area contributed by atoms with Gasteiger partial charge in [-0.2, -0.15) is 17.0 Å². The molecule has 0 aromatic rings. The summed E-state index contributed by atoms with van der Waals surface area (Å²) in [7, 11) is -3.49. The van der Waals surface area contributed by atoms with Gasteiger partial charge in [-0.15, -0.1) is 0 Å². The van der Waals surface area contributed by atoms with Crippen LogP contribution in [0.1, 0.15) is 59.8 Å². The molecule has 3 aliphatic rings. The van der Waals surface area contributed by atoms with Gasteiger partial charge in [0.25, 0.3) is 10.2 Å². The van der Waals surface area contributed by atoms with Gasteiger partial charge in [-0.3, -0.25) is 4.79 Å². The Balaban J connectivity index is 1.44. The number of hydrogen-bond acceptors (Lipinski definition) is 4. The van der Waals surface area contributed by atoms with Crippen molar-refractivity contribution in [3.63, 3.8) is 0 Å². The lowest BCUT2D eigenvalue weighted by Gasteiger charge is -2.39. The fourth-order valence-corrected chi connectivity index (χ4v) is 7.90. The second-order valence-electron chi connectivity index (χ2n) is 10.8. The van der Waals surface area contributed by atoms with Crippen LogP contribution in [0.15, 0.2) is 0 Å². The zero-order valence-electron chi connectivity index (χ0n) is 20.1. The number of amides is 1. The summed E-state index contributed by atoms with van der Waals surface area (Å²) in [6.45, 7) is 14.9. The molecule has 31 heavy (non-hydrogen) atoms.